The van der Waals surface area contributed by atoms with Gasteiger partial charge in [-0.3, -0.25) is 0 Å². The number of hydrogen-bond donors (Lipinski definition) is 1. The van der Waals surface area contributed by atoms with Crippen molar-refractivity contribution < 1.29 is 0 Å². The van der Waals surface area contributed by atoms with Gasteiger partial charge in [-0.15, -0.1) is 11.3 Å². The molecule has 1 atom stereocenters. The third-order valence-corrected chi connectivity index (χ3v) is 5.82. The Morgan fingerprint density at radius 2 is 2.17 bits per heavy atom. The second-order valence-electron chi connectivity index (χ2n) is 4.89. The summed E-state index contributed by atoms with van der Waals surface area (Å²) in [6, 6.07) is 9.49. The molecule has 0 aliphatic carbocycles. The van der Waals surface area contributed by atoms with E-state index in [1.54, 1.807) is 0 Å². The first-order valence-corrected chi connectivity index (χ1v) is 7.88. The van der Waals surface area contributed by atoms with E-state index < -0.39 is 0 Å². The highest BCUT2D eigenvalue weighted by atomic mass is 79.9. The molecule has 2 aromatic rings. The van der Waals surface area contributed by atoms with E-state index >= 15 is 0 Å². The van der Waals surface area contributed by atoms with Crippen LogP contribution in [-0.2, 0) is 6.42 Å². The van der Waals surface area contributed by atoms with Gasteiger partial charge in [0.2, 0.25) is 0 Å². The Hall–Kier alpha value is -0.640. The van der Waals surface area contributed by atoms with Crippen molar-refractivity contribution in [3.8, 4) is 10.4 Å². The van der Waals surface area contributed by atoms with Crippen molar-refractivity contribution in [3.63, 3.8) is 0 Å². The molecule has 1 aliphatic heterocycles. The van der Waals surface area contributed by atoms with Crippen molar-refractivity contribution in [1.29, 1.82) is 0 Å². The maximum absolute atomic E-state index is 3.56. The van der Waals surface area contributed by atoms with Gasteiger partial charge in [-0.05, 0) is 61.7 Å². The zero-order valence-electron chi connectivity index (χ0n) is 10.6. The van der Waals surface area contributed by atoms with E-state index in [1.807, 2.05) is 11.3 Å². The van der Waals surface area contributed by atoms with Gasteiger partial charge >= 0.3 is 0 Å². The van der Waals surface area contributed by atoms with Crippen LogP contribution in [0.25, 0.3) is 10.4 Å². The van der Waals surface area contributed by atoms with Crippen molar-refractivity contribution in [1.82, 2.24) is 5.32 Å². The van der Waals surface area contributed by atoms with Crippen LogP contribution in [-0.4, -0.2) is 6.54 Å². The van der Waals surface area contributed by atoms with E-state index in [-0.39, 0.29) is 0 Å². The number of hydrogen-bond acceptors (Lipinski definition) is 2. The number of benzene rings is 1. The Morgan fingerprint density at radius 1 is 1.33 bits per heavy atom. The lowest BCUT2D eigenvalue weighted by atomic mass is 10.0. The lowest BCUT2D eigenvalue weighted by molar-refractivity contribution is 0.551. The van der Waals surface area contributed by atoms with E-state index in [1.165, 1.54) is 30.9 Å². The summed E-state index contributed by atoms with van der Waals surface area (Å²) in [7, 11) is 0. The minimum absolute atomic E-state index is 0.504. The Balaban J connectivity index is 2.04. The standard InChI is InChI=1S/C15H16BrNS/c1-9-7-11(3-4-13(9)16)14-8-12-5-6-17-10(2)15(12)18-14/h3-4,7-8,10,17H,5-6H2,1-2H3. The van der Waals surface area contributed by atoms with Crippen LogP contribution >= 0.6 is 27.3 Å². The summed E-state index contributed by atoms with van der Waals surface area (Å²) >= 11 is 5.50. The lowest BCUT2D eigenvalue weighted by Crippen LogP contribution is -2.26. The van der Waals surface area contributed by atoms with E-state index in [0.29, 0.717) is 6.04 Å². The number of aryl methyl sites for hydroxylation is 1. The number of halogens is 1. The molecular weight excluding hydrogens is 306 g/mol. The zero-order chi connectivity index (χ0) is 12.7. The molecule has 1 aromatic heterocycles. The van der Waals surface area contributed by atoms with E-state index in [4.69, 9.17) is 0 Å². The largest absolute Gasteiger partial charge is 0.309 e. The number of rotatable bonds is 1. The Labute approximate surface area is 120 Å². The fourth-order valence-electron chi connectivity index (χ4n) is 2.46. The van der Waals surface area contributed by atoms with Gasteiger partial charge in [0.15, 0.2) is 0 Å². The van der Waals surface area contributed by atoms with Gasteiger partial charge in [-0.25, -0.2) is 0 Å². The van der Waals surface area contributed by atoms with Crippen LogP contribution in [0.15, 0.2) is 28.7 Å². The average Bonchev–Trinajstić information content (AvgIpc) is 2.78. The second kappa shape index (κ2) is 4.80. The topological polar surface area (TPSA) is 12.0 Å². The van der Waals surface area contributed by atoms with Gasteiger partial charge < -0.3 is 5.32 Å². The first kappa shape index (κ1) is 12.4. The SMILES string of the molecule is Cc1cc(-c2cc3c(s2)C(C)NCC3)ccc1Br. The fourth-order valence-corrected chi connectivity index (χ4v) is 3.94. The van der Waals surface area contributed by atoms with Crippen molar-refractivity contribution in [2.45, 2.75) is 26.3 Å². The van der Waals surface area contributed by atoms with E-state index in [9.17, 15) is 0 Å². The maximum atomic E-state index is 3.56. The van der Waals surface area contributed by atoms with Crippen LogP contribution in [0.2, 0.25) is 0 Å². The molecule has 18 heavy (non-hydrogen) atoms. The van der Waals surface area contributed by atoms with Gasteiger partial charge in [0.05, 0.1) is 0 Å². The summed E-state index contributed by atoms with van der Waals surface area (Å²) < 4.78 is 1.18. The van der Waals surface area contributed by atoms with E-state index in [0.717, 1.165) is 13.0 Å². The minimum atomic E-state index is 0.504. The third kappa shape index (κ3) is 2.15. The van der Waals surface area contributed by atoms with Crippen LogP contribution < -0.4 is 5.32 Å². The molecule has 3 heteroatoms. The lowest BCUT2D eigenvalue weighted by Gasteiger charge is -2.19. The molecule has 0 bridgehead atoms. The number of thiophene rings is 1. The maximum Gasteiger partial charge on any atom is 0.0389 e. The van der Waals surface area contributed by atoms with Gasteiger partial charge in [0.1, 0.15) is 0 Å². The molecule has 0 fully saturated rings. The molecule has 1 N–H and O–H groups in total. The van der Waals surface area contributed by atoms with Crippen molar-refractivity contribution in [2.75, 3.05) is 6.54 Å². The molecule has 1 nitrogen and oxygen atoms in total. The first-order chi connectivity index (χ1) is 8.65. The van der Waals surface area contributed by atoms with Gasteiger partial charge in [0, 0.05) is 20.3 Å². The first-order valence-electron chi connectivity index (χ1n) is 6.27. The molecule has 0 radical (unpaired) electrons. The quantitative estimate of drug-likeness (QED) is 0.803. The van der Waals surface area contributed by atoms with E-state index in [2.05, 4.69) is 59.4 Å². The summed E-state index contributed by atoms with van der Waals surface area (Å²) in [5.74, 6) is 0. The summed E-state index contributed by atoms with van der Waals surface area (Å²) in [4.78, 5) is 2.91. The fraction of sp³-hybridized carbons (Fsp3) is 0.333. The molecule has 1 aromatic carbocycles. The predicted octanol–water partition coefficient (Wildman–Crippen LogP) is 4.69. The summed E-state index contributed by atoms with van der Waals surface area (Å²) in [5, 5.41) is 3.53. The molecule has 94 valence electrons. The van der Waals surface area contributed by atoms with Gasteiger partial charge in [-0.1, -0.05) is 22.0 Å². The molecule has 1 aliphatic rings. The van der Waals surface area contributed by atoms with Crippen LogP contribution in [0, 0.1) is 6.92 Å². The Morgan fingerprint density at radius 3 is 2.89 bits per heavy atom. The molecule has 3 rings (SSSR count). The Kier molecular flexibility index (Phi) is 3.31. The molecule has 1 unspecified atom stereocenters. The smallest absolute Gasteiger partial charge is 0.0389 e. The highest BCUT2D eigenvalue weighted by Gasteiger charge is 2.19. The normalized spacial score (nSPS) is 18.7. The highest BCUT2D eigenvalue weighted by molar-refractivity contribution is 9.10. The van der Waals surface area contributed by atoms with Crippen molar-refractivity contribution in [2.24, 2.45) is 0 Å². The second-order valence-corrected chi connectivity index (χ2v) is 6.83. The van der Waals surface area contributed by atoms with Crippen LogP contribution in [0.5, 0.6) is 0 Å². The molecule has 0 spiro atoms. The highest BCUT2D eigenvalue weighted by Crippen LogP contribution is 2.37. The molecule has 0 amide bonds. The zero-order valence-corrected chi connectivity index (χ0v) is 13.0. The van der Waals surface area contributed by atoms with Gasteiger partial charge in [-0.2, -0.15) is 0 Å². The van der Waals surface area contributed by atoms with Crippen molar-refractivity contribution >= 4 is 27.3 Å². The monoisotopic (exact) mass is 321 g/mol. The molecule has 2 heterocycles. The predicted molar refractivity (Wildman–Crippen MR) is 82.3 cm³/mol. The van der Waals surface area contributed by atoms with Crippen molar-refractivity contribution in [3.05, 3.63) is 44.7 Å². The van der Waals surface area contributed by atoms with Gasteiger partial charge in [0.25, 0.3) is 0 Å². The summed E-state index contributed by atoms with van der Waals surface area (Å²) in [6.45, 7) is 5.50. The molecule has 0 saturated carbocycles. The molecule has 0 saturated heterocycles. The van der Waals surface area contributed by atoms with Crippen LogP contribution in [0.3, 0.4) is 0 Å². The summed E-state index contributed by atoms with van der Waals surface area (Å²) in [5.41, 5.74) is 4.16. The third-order valence-electron chi connectivity index (χ3n) is 3.52. The van der Waals surface area contributed by atoms with Crippen LogP contribution in [0.1, 0.15) is 29.0 Å². The number of fused-ring (bicyclic) bond motifs is 1. The summed E-state index contributed by atoms with van der Waals surface area (Å²) in [6.07, 6.45) is 1.16. The minimum Gasteiger partial charge on any atom is -0.309 e. The van der Waals surface area contributed by atoms with Crippen LogP contribution in [0.4, 0.5) is 0 Å². The Bertz CT molecular complexity index is 588. The molecular formula is C15H16BrNS. The average molecular weight is 322 g/mol. The number of nitrogens with one attached hydrogen (secondary N) is 1.